The van der Waals surface area contributed by atoms with Crippen molar-refractivity contribution in [2.75, 3.05) is 0 Å². The molecule has 1 aromatic heterocycles. The Morgan fingerprint density at radius 2 is 1.88 bits per heavy atom. The molecule has 2 aromatic rings. The highest BCUT2D eigenvalue weighted by molar-refractivity contribution is 7.13. The van der Waals surface area contributed by atoms with E-state index in [9.17, 15) is 13.6 Å². The van der Waals surface area contributed by atoms with Crippen molar-refractivity contribution in [3.63, 3.8) is 0 Å². The van der Waals surface area contributed by atoms with Gasteiger partial charge in [0, 0.05) is 4.88 Å². The summed E-state index contributed by atoms with van der Waals surface area (Å²) in [7, 11) is 0. The summed E-state index contributed by atoms with van der Waals surface area (Å²) in [4.78, 5) is 11.3. The summed E-state index contributed by atoms with van der Waals surface area (Å²) in [5.41, 5.74) is -0.574. The van der Waals surface area contributed by atoms with Crippen molar-refractivity contribution >= 4 is 17.3 Å². The zero-order chi connectivity index (χ0) is 11.7. The van der Waals surface area contributed by atoms with Gasteiger partial charge in [-0.05, 0) is 29.1 Å². The van der Waals surface area contributed by atoms with Crippen LogP contribution in [0.5, 0.6) is 0 Å². The highest BCUT2D eigenvalue weighted by atomic mass is 32.1. The minimum absolute atomic E-state index is 0.343. The number of halogens is 2. The highest BCUT2D eigenvalue weighted by Gasteiger charge is 2.18. The third-order valence-corrected chi connectivity index (χ3v) is 2.98. The molecule has 0 aliphatic rings. The van der Waals surface area contributed by atoms with Crippen LogP contribution in [0.4, 0.5) is 8.78 Å². The molecule has 2 nitrogen and oxygen atoms in total. The van der Waals surface area contributed by atoms with Gasteiger partial charge in [0.2, 0.25) is 0 Å². The van der Waals surface area contributed by atoms with E-state index < -0.39 is 23.2 Å². The third-order valence-electron chi connectivity index (χ3n) is 2.06. The minimum Gasteiger partial charge on any atom is -0.477 e. The Kier molecular flexibility index (Phi) is 2.70. The predicted molar refractivity (Wildman–Crippen MR) is 56.6 cm³/mol. The van der Waals surface area contributed by atoms with E-state index >= 15 is 0 Å². The van der Waals surface area contributed by atoms with Crippen molar-refractivity contribution in [2.45, 2.75) is 0 Å². The van der Waals surface area contributed by atoms with Gasteiger partial charge < -0.3 is 5.11 Å². The second-order valence-corrected chi connectivity index (χ2v) is 4.05. The summed E-state index contributed by atoms with van der Waals surface area (Å²) in [5.74, 6) is -3.72. The first kappa shape index (κ1) is 10.8. The van der Waals surface area contributed by atoms with Gasteiger partial charge in [0.1, 0.15) is 17.2 Å². The van der Waals surface area contributed by atoms with Gasteiger partial charge in [-0.1, -0.05) is 6.07 Å². The topological polar surface area (TPSA) is 37.3 Å². The Hall–Kier alpha value is -1.75. The quantitative estimate of drug-likeness (QED) is 0.873. The first-order chi connectivity index (χ1) is 7.59. The zero-order valence-corrected chi connectivity index (χ0v) is 8.72. The molecule has 82 valence electrons. The molecule has 0 aliphatic carbocycles. The maximum atomic E-state index is 13.3. The number of carboxylic acids is 1. The van der Waals surface area contributed by atoms with Gasteiger partial charge in [-0.15, -0.1) is 11.3 Å². The molecule has 1 heterocycles. The zero-order valence-electron chi connectivity index (χ0n) is 7.91. The van der Waals surface area contributed by atoms with Gasteiger partial charge in [-0.2, -0.15) is 0 Å². The molecule has 2 rings (SSSR count). The molecule has 0 unspecified atom stereocenters. The summed E-state index contributed by atoms with van der Waals surface area (Å²) >= 11 is 1.33. The van der Waals surface area contributed by atoms with E-state index in [0.717, 1.165) is 12.1 Å². The smallest absolute Gasteiger partial charge is 0.341 e. The van der Waals surface area contributed by atoms with E-state index in [-0.39, 0.29) is 0 Å². The van der Waals surface area contributed by atoms with Crippen molar-refractivity contribution in [3.05, 3.63) is 46.8 Å². The van der Waals surface area contributed by atoms with Gasteiger partial charge in [-0.3, -0.25) is 0 Å². The summed E-state index contributed by atoms with van der Waals surface area (Å²) in [6.45, 7) is 0. The number of aromatic carboxylic acids is 1. The van der Waals surface area contributed by atoms with E-state index in [1.165, 1.54) is 11.3 Å². The molecule has 0 spiro atoms. The van der Waals surface area contributed by atoms with E-state index in [2.05, 4.69) is 0 Å². The highest BCUT2D eigenvalue weighted by Crippen LogP contribution is 2.27. The lowest BCUT2D eigenvalue weighted by molar-refractivity contribution is 0.0686. The Morgan fingerprint density at radius 1 is 1.25 bits per heavy atom. The number of carboxylic acid groups (broad SMARTS) is 1. The van der Waals surface area contributed by atoms with Gasteiger partial charge in [0.25, 0.3) is 0 Å². The number of hydrogen-bond donors (Lipinski definition) is 1. The van der Waals surface area contributed by atoms with Crippen molar-refractivity contribution in [3.8, 4) is 10.4 Å². The van der Waals surface area contributed by atoms with Crippen LogP contribution in [-0.2, 0) is 0 Å². The number of carbonyl (C=O) groups is 1. The van der Waals surface area contributed by atoms with Crippen LogP contribution in [-0.4, -0.2) is 11.1 Å². The summed E-state index contributed by atoms with van der Waals surface area (Å²) in [6, 6.07) is 5.51. The Bertz CT molecular complexity index is 512. The SMILES string of the molecule is O=C(O)c1c(F)cc(-c2cccs2)cc1F. The summed E-state index contributed by atoms with van der Waals surface area (Å²) in [6.07, 6.45) is 0. The maximum absolute atomic E-state index is 13.3. The molecule has 0 saturated heterocycles. The van der Waals surface area contributed by atoms with Gasteiger partial charge in [-0.25, -0.2) is 13.6 Å². The minimum atomic E-state index is -1.60. The molecule has 16 heavy (non-hydrogen) atoms. The van der Waals surface area contributed by atoms with Crippen molar-refractivity contribution in [2.24, 2.45) is 0 Å². The van der Waals surface area contributed by atoms with E-state index in [1.54, 1.807) is 17.5 Å². The second-order valence-electron chi connectivity index (χ2n) is 3.10. The van der Waals surface area contributed by atoms with E-state index in [1.807, 2.05) is 0 Å². The Balaban J connectivity index is 2.58. The molecule has 0 radical (unpaired) electrons. The third kappa shape index (κ3) is 1.81. The fourth-order valence-corrected chi connectivity index (χ4v) is 2.08. The maximum Gasteiger partial charge on any atom is 0.341 e. The van der Waals surface area contributed by atoms with Crippen LogP contribution in [0.1, 0.15) is 10.4 Å². The average Bonchev–Trinajstić information content (AvgIpc) is 2.67. The normalized spacial score (nSPS) is 10.4. The van der Waals surface area contributed by atoms with Gasteiger partial charge in [0.15, 0.2) is 0 Å². The number of benzene rings is 1. The van der Waals surface area contributed by atoms with Crippen molar-refractivity contribution in [1.29, 1.82) is 0 Å². The molecule has 1 aromatic carbocycles. The molecule has 0 fully saturated rings. The molecular formula is C11H6F2O2S. The largest absolute Gasteiger partial charge is 0.477 e. The van der Waals surface area contributed by atoms with Gasteiger partial charge >= 0.3 is 5.97 Å². The molecule has 0 aliphatic heterocycles. The lowest BCUT2D eigenvalue weighted by Crippen LogP contribution is -2.04. The second kappa shape index (κ2) is 4.02. The average molecular weight is 240 g/mol. The standard InChI is InChI=1S/C11H6F2O2S/c12-7-4-6(9-2-1-3-16-9)5-8(13)10(7)11(14)15/h1-5H,(H,14,15). The van der Waals surface area contributed by atoms with Crippen molar-refractivity contribution in [1.82, 2.24) is 0 Å². The predicted octanol–water partition coefficient (Wildman–Crippen LogP) is 3.39. The number of rotatable bonds is 2. The fourth-order valence-electron chi connectivity index (χ4n) is 1.36. The molecule has 0 saturated carbocycles. The molecular weight excluding hydrogens is 234 g/mol. The molecule has 0 amide bonds. The monoisotopic (exact) mass is 240 g/mol. The van der Waals surface area contributed by atoms with Crippen LogP contribution >= 0.6 is 11.3 Å². The summed E-state index contributed by atoms with van der Waals surface area (Å²) < 4.78 is 26.7. The van der Waals surface area contributed by atoms with Crippen LogP contribution < -0.4 is 0 Å². The number of thiophene rings is 1. The Morgan fingerprint density at radius 3 is 2.31 bits per heavy atom. The number of hydrogen-bond acceptors (Lipinski definition) is 2. The molecule has 1 N–H and O–H groups in total. The Labute approximate surface area is 93.8 Å². The summed E-state index contributed by atoms with van der Waals surface area (Å²) in [5, 5.41) is 10.4. The van der Waals surface area contributed by atoms with E-state index in [4.69, 9.17) is 5.11 Å². The van der Waals surface area contributed by atoms with Crippen LogP contribution in [0.2, 0.25) is 0 Å². The molecule has 5 heteroatoms. The molecule has 0 atom stereocenters. The first-order valence-electron chi connectivity index (χ1n) is 4.36. The first-order valence-corrected chi connectivity index (χ1v) is 5.24. The van der Waals surface area contributed by atoms with E-state index in [0.29, 0.717) is 10.4 Å². The van der Waals surface area contributed by atoms with Crippen LogP contribution in [0, 0.1) is 11.6 Å². The fraction of sp³-hybridized carbons (Fsp3) is 0. The van der Waals surface area contributed by atoms with Gasteiger partial charge in [0.05, 0.1) is 0 Å². The lowest BCUT2D eigenvalue weighted by Gasteiger charge is -2.03. The molecule has 0 bridgehead atoms. The lowest BCUT2D eigenvalue weighted by atomic mass is 10.1. The van der Waals surface area contributed by atoms with Crippen LogP contribution in [0.3, 0.4) is 0 Å². The van der Waals surface area contributed by atoms with Crippen LogP contribution in [0.15, 0.2) is 29.6 Å². The van der Waals surface area contributed by atoms with Crippen molar-refractivity contribution < 1.29 is 18.7 Å². The van der Waals surface area contributed by atoms with Crippen LogP contribution in [0.25, 0.3) is 10.4 Å².